The highest BCUT2D eigenvalue weighted by Crippen LogP contribution is 2.34. The van der Waals surface area contributed by atoms with Gasteiger partial charge in [0.25, 0.3) is 0 Å². The standard InChI is InChI=1S/C17H11ClO4/c18-10-16(19)21-12-6-7-13-14(9-12)22-15(17(13)20)8-11-4-2-1-3-5-11/h1-9H,10H2/b15-8-. The lowest BCUT2D eigenvalue weighted by Crippen LogP contribution is -2.08. The monoisotopic (exact) mass is 314 g/mol. The number of alkyl halides is 1. The molecule has 0 amide bonds. The molecule has 4 nitrogen and oxygen atoms in total. The van der Waals surface area contributed by atoms with Gasteiger partial charge < -0.3 is 9.47 Å². The summed E-state index contributed by atoms with van der Waals surface area (Å²) in [5, 5.41) is 0. The van der Waals surface area contributed by atoms with E-state index < -0.39 is 5.97 Å². The minimum Gasteiger partial charge on any atom is -0.452 e. The van der Waals surface area contributed by atoms with E-state index >= 15 is 0 Å². The Morgan fingerprint density at radius 2 is 1.95 bits per heavy atom. The lowest BCUT2D eigenvalue weighted by atomic mass is 10.1. The highest BCUT2D eigenvalue weighted by molar-refractivity contribution is 6.26. The molecule has 0 radical (unpaired) electrons. The number of ketones is 1. The Morgan fingerprint density at radius 1 is 1.18 bits per heavy atom. The first-order valence-electron chi connectivity index (χ1n) is 6.57. The van der Waals surface area contributed by atoms with Gasteiger partial charge in [0.15, 0.2) is 5.76 Å². The molecule has 2 aromatic rings. The SMILES string of the molecule is O=C(CCl)Oc1ccc2c(c1)O/C(=C\c1ccccc1)C2=O. The molecule has 0 atom stereocenters. The predicted octanol–water partition coefficient (Wildman–Crippen LogP) is 3.45. The second-order valence-corrected chi connectivity index (χ2v) is 4.88. The largest absolute Gasteiger partial charge is 0.452 e. The van der Waals surface area contributed by atoms with E-state index in [4.69, 9.17) is 21.1 Å². The fourth-order valence-corrected chi connectivity index (χ4v) is 2.14. The van der Waals surface area contributed by atoms with Crippen molar-refractivity contribution in [3.63, 3.8) is 0 Å². The summed E-state index contributed by atoms with van der Waals surface area (Å²) in [5.74, 6) is -0.108. The molecule has 1 aliphatic heterocycles. The van der Waals surface area contributed by atoms with Crippen LogP contribution >= 0.6 is 11.6 Å². The second-order valence-electron chi connectivity index (χ2n) is 4.62. The van der Waals surface area contributed by atoms with Gasteiger partial charge in [0, 0.05) is 6.07 Å². The van der Waals surface area contributed by atoms with Crippen LogP contribution in [-0.4, -0.2) is 17.6 Å². The average molecular weight is 315 g/mol. The van der Waals surface area contributed by atoms with Crippen molar-refractivity contribution in [3.8, 4) is 11.5 Å². The van der Waals surface area contributed by atoms with Crippen LogP contribution in [-0.2, 0) is 4.79 Å². The Bertz CT molecular complexity index is 765. The van der Waals surface area contributed by atoms with Crippen LogP contribution in [0.3, 0.4) is 0 Å². The van der Waals surface area contributed by atoms with Crippen molar-refractivity contribution in [2.45, 2.75) is 0 Å². The number of esters is 1. The van der Waals surface area contributed by atoms with Crippen LogP contribution in [0.5, 0.6) is 11.5 Å². The van der Waals surface area contributed by atoms with Gasteiger partial charge in [0.2, 0.25) is 5.78 Å². The van der Waals surface area contributed by atoms with Crippen LogP contribution in [0.2, 0.25) is 0 Å². The van der Waals surface area contributed by atoms with Crippen LogP contribution in [0, 0.1) is 0 Å². The normalized spacial score (nSPS) is 14.6. The predicted molar refractivity (Wildman–Crippen MR) is 82.2 cm³/mol. The highest BCUT2D eigenvalue weighted by atomic mass is 35.5. The first-order chi connectivity index (χ1) is 10.7. The first kappa shape index (κ1) is 14.4. The number of fused-ring (bicyclic) bond motifs is 1. The summed E-state index contributed by atoms with van der Waals surface area (Å²) >= 11 is 5.39. The van der Waals surface area contributed by atoms with E-state index in [9.17, 15) is 9.59 Å². The van der Waals surface area contributed by atoms with Crippen molar-refractivity contribution in [1.29, 1.82) is 0 Å². The fraction of sp³-hybridized carbons (Fsp3) is 0.0588. The molecular formula is C17H11ClO4. The van der Waals surface area contributed by atoms with Crippen molar-refractivity contribution in [2.75, 3.05) is 5.88 Å². The minimum absolute atomic E-state index is 0.200. The molecule has 2 aromatic carbocycles. The summed E-state index contributed by atoms with van der Waals surface area (Å²) in [6, 6.07) is 14.0. The third-order valence-corrected chi connectivity index (χ3v) is 3.30. The number of hydrogen-bond donors (Lipinski definition) is 0. The third-order valence-electron chi connectivity index (χ3n) is 3.08. The maximum atomic E-state index is 12.3. The van der Waals surface area contributed by atoms with E-state index in [1.165, 1.54) is 12.1 Å². The molecule has 3 rings (SSSR count). The summed E-state index contributed by atoms with van der Waals surface area (Å²) in [5.41, 5.74) is 1.31. The van der Waals surface area contributed by atoms with E-state index in [-0.39, 0.29) is 23.2 Å². The Hall–Kier alpha value is -2.59. The molecule has 0 spiro atoms. The van der Waals surface area contributed by atoms with Gasteiger partial charge in [-0.3, -0.25) is 9.59 Å². The zero-order valence-corrected chi connectivity index (χ0v) is 12.2. The maximum absolute atomic E-state index is 12.3. The Labute approximate surface area is 131 Å². The number of benzene rings is 2. The molecule has 0 saturated carbocycles. The molecule has 0 N–H and O–H groups in total. The highest BCUT2D eigenvalue weighted by Gasteiger charge is 2.27. The maximum Gasteiger partial charge on any atom is 0.326 e. The summed E-state index contributed by atoms with van der Waals surface area (Å²) in [4.78, 5) is 23.4. The quantitative estimate of drug-likeness (QED) is 0.377. The van der Waals surface area contributed by atoms with Gasteiger partial charge in [0.05, 0.1) is 5.56 Å². The zero-order chi connectivity index (χ0) is 15.5. The number of allylic oxidation sites excluding steroid dienone is 1. The first-order valence-corrected chi connectivity index (χ1v) is 7.11. The molecule has 0 unspecified atom stereocenters. The number of carbonyl (C=O) groups excluding carboxylic acids is 2. The number of rotatable bonds is 3. The van der Waals surface area contributed by atoms with E-state index in [0.29, 0.717) is 11.3 Å². The van der Waals surface area contributed by atoms with Crippen molar-refractivity contribution >= 4 is 29.4 Å². The molecule has 22 heavy (non-hydrogen) atoms. The molecule has 0 saturated heterocycles. The van der Waals surface area contributed by atoms with Crippen molar-refractivity contribution < 1.29 is 19.1 Å². The number of halogens is 1. The van der Waals surface area contributed by atoms with Crippen molar-refractivity contribution in [2.24, 2.45) is 0 Å². The molecular weight excluding hydrogens is 304 g/mol. The summed E-state index contributed by atoms with van der Waals surface area (Å²) in [6.45, 7) is 0. The Balaban J connectivity index is 1.87. The number of hydrogen-bond acceptors (Lipinski definition) is 4. The summed E-state index contributed by atoms with van der Waals surface area (Å²) < 4.78 is 10.6. The zero-order valence-electron chi connectivity index (χ0n) is 11.4. The average Bonchev–Trinajstić information content (AvgIpc) is 2.84. The Morgan fingerprint density at radius 3 is 2.68 bits per heavy atom. The van der Waals surface area contributed by atoms with Gasteiger partial charge in [-0.25, -0.2) is 0 Å². The molecule has 5 heteroatoms. The van der Waals surface area contributed by atoms with E-state index in [2.05, 4.69) is 0 Å². The van der Waals surface area contributed by atoms with E-state index in [1.807, 2.05) is 30.3 Å². The van der Waals surface area contributed by atoms with Gasteiger partial charge in [-0.15, -0.1) is 11.6 Å². The van der Waals surface area contributed by atoms with Gasteiger partial charge in [-0.05, 0) is 23.8 Å². The third kappa shape index (κ3) is 2.87. The topological polar surface area (TPSA) is 52.6 Å². The van der Waals surface area contributed by atoms with Crippen molar-refractivity contribution in [3.05, 3.63) is 65.4 Å². The smallest absolute Gasteiger partial charge is 0.326 e. The minimum atomic E-state index is -0.564. The lowest BCUT2D eigenvalue weighted by Gasteiger charge is -2.03. The molecule has 0 bridgehead atoms. The Kier molecular flexibility index (Phi) is 3.94. The molecule has 0 aliphatic carbocycles. The van der Waals surface area contributed by atoms with Gasteiger partial charge in [-0.1, -0.05) is 30.3 Å². The van der Waals surface area contributed by atoms with Crippen molar-refractivity contribution in [1.82, 2.24) is 0 Å². The van der Waals surface area contributed by atoms with Gasteiger partial charge in [0.1, 0.15) is 17.4 Å². The van der Waals surface area contributed by atoms with Crippen LogP contribution in [0.1, 0.15) is 15.9 Å². The molecule has 0 aromatic heterocycles. The summed E-state index contributed by atoms with van der Waals surface area (Å²) in [7, 11) is 0. The molecule has 1 aliphatic rings. The van der Waals surface area contributed by atoms with E-state index in [0.717, 1.165) is 5.56 Å². The number of ether oxygens (including phenoxy) is 2. The van der Waals surface area contributed by atoms with Crippen LogP contribution in [0.25, 0.3) is 6.08 Å². The lowest BCUT2D eigenvalue weighted by molar-refractivity contribution is -0.131. The molecule has 110 valence electrons. The molecule has 0 fully saturated rings. The van der Waals surface area contributed by atoms with Gasteiger partial charge >= 0.3 is 5.97 Å². The number of carbonyl (C=O) groups is 2. The molecule has 1 heterocycles. The van der Waals surface area contributed by atoms with Crippen LogP contribution < -0.4 is 9.47 Å². The van der Waals surface area contributed by atoms with Crippen LogP contribution in [0.15, 0.2) is 54.3 Å². The number of Topliss-reactive ketones (excluding diaryl/α,β-unsaturated/α-hetero) is 1. The van der Waals surface area contributed by atoms with Crippen LogP contribution in [0.4, 0.5) is 0 Å². The second kappa shape index (κ2) is 6.03. The van der Waals surface area contributed by atoms with E-state index in [1.54, 1.807) is 12.1 Å². The summed E-state index contributed by atoms with van der Waals surface area (Å²) in [6.07, 6.45) is 1.67. The van der Waals surface area contributed by atoms with Gasteiger partial charge in [-0.2, -0.15) is 0 Å². The fourth-order valence-electron chi connectivity index (χ4n) is 2.09.